The minimum Gasteiger partial charge on any atom is -0.308 e. The number of rotatable bonds is 2. The van der Waals surface area contributed by atoms with Crippen LogP contribution in [-0.4, -0.2) is 19.2 Å². The zero-order valence-corrected chi connectivity index (χ0v) is 10.0. The van der Waals surface area contributed by atoms with Crippen molar-refractivity contribution in [3.63, 3.8) is 0 Å². The van der Waals surface area contributed by atoms with E-state index in [1.54, 1.807) is 6.33 Å². The smallest absolute Gasteiger partial charge is 0.296 e. The van der Waals surface area contributed by atoms with Crippen LogP contribution in [0, 0.1) is 0 Å². The van der Waals surface area contributed by atoms with Gasteiger partial charge in [-0.2, -0.15) is 0 Å². The first kappa shape index (κ1) is 10.5. The quantitative estimate of drug-likeness (QED) is 0.781. The molecule has 0 saturated carbocycles. The summed E-state index contributed by atoms with van der Waals surface area (Å²) >= 11 is 0. The third-order valence-corrected chi connectivity index (χ3v) is 3.46. The van der Waals surface area contributed by atoms with Gasteiger partial charge in [0.1, 0.15) is 6.33 Å². The van der Waals surface area contributed by atoms with Gasteiger partial charge in [-0.25, -0.2) is 0 Å². The molecule has 0 unspecified atom stereocenters. The highest BCUT2D eigenvalue weighted by Crippen LogP contribution is 2.20. The number of hydrogen-bond donors (Lipinski definition) is 0. The van der Waals surface area contributed by atoms with E-state index in [0.29, 0.717) is 5.65 Å². The summed E-state index contributed by atoms with van der Waals surface area (Å²) in [5.74, 6) is 0. The van der Waals surface area contributed by atoms with Crippen LogP contribution in [0.15, 0.2) is 11.1 Å². The van der Waals surface area contributed by atoms with Crippen LogP contribution in [0.5, 0.6) is 0 Å². The van der Waals surface area contributed by atoms with E-state index in [1.165, 1.54) is 24.2 Å². The van der Waals surface area contributed by atoms with Crippen molar-refractivity contribution in [2.24, 2.45) is 0 Å². The molecule has 0 N–H and O–H groups in total. The highest BCUT2D eigenvalue weighted by Gasteiger charge is 2.19. The van der Waals surface area contributed by atoms with E-state index in [4.69, 9.17) is 0 Å². The van der Waals surface area contributed by atoms with Crippen molar-refractivity contribution in [1.82, 2.24) is 19.2 Å². The summed E-state index contributed by atoms with van der Waals surface area (Å²) < 4.78 is 3.78. The standard InChI is InChI=1S/C12H16N4O/c1-2-7-15-9-5-3-4-6-10(9)16-8-13-14-11(16)12(15)17/h8H,2-7H2,1H3. The molecule has 17 heavy (non-hydrogen) atoms. The fraction of sp³-hybridized carbons (Fsp3) is 0.583. The number of hydrogen-bond acceptors (Lipinski definition) is 3. The van der Waals surface area contributed by atoms with Gasteiger partial charge in [-0.3, -0.25) is 9.20 Å². The summed E-state index contributed by atoms with van der Waals surface area (Å²) in [5.41, 5.74) is 2.89. The minimum absolute atomic E-state index is 0.00463. The van der Waals surface area contributed by atoms with Gasteiger partial charge in [0.2, 0.25) is 5.65 Å². The van der Waals surface area contributed by atoms with Gasteiger partial charge in [-0.15, -0.1) is 10.2 Å². The highest BCUT2D eigenvalue weighted by molar-refractivity contribution is 5.38. The maximum absolute atomic E-state index is 12.3. The van der Waals surface area contributed by atoms with Gasteiger partial charge in [0.05, 0.1) is 0 Å². The predicted molar refractivity (Wildman–Crippen MR) is 64.2 cm³/mol. The third-order valence-electron chi connectivity index (χ3n) is 3.46. The molecule has 1 aliphatic carbocycles. The average molecular weight is 232 g/mol. The Morgan fingerprint density at radius 3 is 2.82 bits per heavy atom. The van der Waals surface area contributed by atoms with E-state index in [2.05, 4.69) is 17.1 Å². The first-order valence-electron chi connectivity index (χ1n) is 6.27. The van der Waals surface area contributed by atoms with Gasteiger partial charge in [0.15, 0.2) is 0 Å². The Morgan fingerprint density at radius 2 is 2.06 bits per heavy atom. The summed E-state index contributed by atoms with van der Waals surface area (Å²) in [5, 5.41) is 7.82. The molecule has 2 aromatic heterocycles. The Balaban J connectivity index is 2.37. The largest absolute Gasteiger partial charge is 0.308 e. The highest BCUT2D eigenvalue weighted by atomic mass is 16.1. The first-order chi connectivity index (χ1) is 8.33. The molecule has 0 spiro atoms. The van der Waals surface area contributed by atoms with Crippen molar-refractivity contribution < 1.29 is 0 Å². The molecule has 0 aliphatic heterocycles. The molecule has 3 rings (SSSR count). The van der Waals surface area contributed by atoms with E-state index in [0.717, 1.165) is 25.8 Å². The molecule has 5 nitrogen and oxygen atoms in total. The topological polar surface area (TPSA) is 52.2 Å². The molecule has 5 heteroatoms. The lowest BCUT2D eigenvalue weighted by molar-refractivity contribution is 0.551. The van der Waals surface area contributed by atoms with Crippen molar-refractivity contribution in [3.8, 4) is 0 Å². The molecule has 2 aromatic rings. The second kappa shape index (κ2) is 3.98. The Kier molecular flexibility index (Phi) is 2.46. The number of aromatic nitrogens is 4. The van der Waals surface area contributed by atoms with Gasteiger partial charge in [-0.05, 0) is 32.1 Å². The second-order valence-electron chi connectivity index (χ2n) is 4.58. The summed E-state index contributed by atoms with van der Waals surface area (Å²) in [4.78, 5) is 12.3. The number of aryl methyl sites for hydroxylation is 1. The Morgan fingerprint density at radius 1 is 1.29 bits per heavy atom. The van der Waals surface area contributed by atoms with Gasteiger partial charge in [0, 0.05) is 17.9 Å². The van der Waals surface area contributed by atoms with Crippen LogP contribution in [-0.2, 0) is 19.4 Å². The molecular formula is C12H16N4O. The second-order valence-corrected chi connectivity index (χ2v) is 4.58. The van der Waals surface area contributed by atoms with Gasteiger partial charge in [-0.1, -0.05) is 6.92 Å². The molecule has 1 aliphatic rings. The van der Waals surface area contributed by atoms with Crippen LogP contribution in [0.4, 0.5) is 0 Å². The fourth-order valence-electron chi connectivity index (χ4n) is 2.71. The lowest BCUT2D eigenvalue weighted by Gasteiger charge is -2.21. The van der Waals surface area contributed by atoms with Crippen molar-refractivity contribution in [3.05, 3.63) is 28.1 Å². The molecule has 0 amide bonds. The summed E-state index contributed by atoms with van der Waals surface area (Å²) in [7, 11) is 0. The average Bonchev–Trinajstić information content (AvgIpc) is 2.84. The lowest BCUT2D eigenvalue weighted by Crippen LogP contribution is -2.30. The lowest BCUT2D eigenvalue weighted by atomic mass is 9.99. The summed E-state index contributed by atoms with van der Waals surface area (Å²) in [6.45, 7) is 2.88. The first-order valence-corrected chi connectivity index (χ1v) is 6.27. The molecule has 0 aromatic carbocycles. The van der Waals surface area contributed by atoms with E-state index in [9.17, 15) is 4.79 Å². The van der Waals surface area contributed by atoms with E-state index >= 15 is 0 Å². The monoisotopic (exact) mass is 232 g/mol. The zero-order chi connectivity index (χ0) is 11.8. The van der Waals surface area contributed by atoms with Crippen molar-refractivity contribution in [2.75, 3.05) is 0 Å². The van der Waals surface area contributed by atoms with Crippen LogP contribution in [0.3, 0.4) is 0 Å². The molecule has 0 radical (unpaired) electrons. The summed E-state index contributed by atoms with van der Waals surface area (Å²) in [6, 6.07) is 0. The number of fused-ring (bicyclic) bond motifs is 3. The summed E-state index contributed by atoms with van der Waals surface area (Å²) in [6.07, 6.45) is 7.01. The van der Waals surface area contributed by atoms with Crippen molar-refractivity contribution >= 4 is 5.65 Å². The van der Waals surface area contributed by atoms with E-state index in [1.807, 2.05) is 8.97 Å². The van der Waals surface area contributed by atoms with Gasteiger partial charge in [0.25, 0.3) is 5.56 Å². The van der Waals surface area contributed by atoms with Gasteiger partial charge < -0.3 is 4.57 Å². The fourth-order valence-corrected chi connectivity index (χ4v) is 2.71. The third kappa shape index (κ3) is 1.49. The zero-order valence-electron chi connectivity index (χ0n) is 10.0. The van der Waals surface area contributed by atoms with Crippen LogP contribution >= 0.6 is 0 Å². The Hall–Kier alpha value is -1.65. The van der Waals surface area contributed by atoms with Crippen molar-refractivity contribution in [2.45, 2.75) is 45.6 Å². The maximum Gasteiger partial charge on any atom is 0.296 e. The molecule has 2 heterocycles. The van der Waals surface area contributed by atoms with E-state index < -0.39 is 0 Å². The predicted octanol–water partition coefficient (Wildman–Crippen LogP) is 1.18. The van der Waals surface area contributed by atoms with Crippen LogP contribution in [0.25, 0.3) is 5.65 Å². The molecule has 0 atom stereocenters. The minimum atomic E-state index is 0.00463. The molecule has 0 saturated heterocycles. The van der Waals surface area contributed by atoms with Crippen LogP contribution in [0.1, 0.15) is 37.6 Å². The molecular weight excluding hydrogens is 216 g/mol. The van der Waals surface area contributed by atoms with Crippen molar-refractivity contribution in [1.29, 1.82) is 0 Å². The van der Waals surface area contributed by atoms with E-state index in [-0.39, 0.29) is 5.56 Å². The molecule has 90 valence electrons. The van der Waals surface area contributed by atoms with Gasteiger partial charge >= 0.3 is 0 Å². The normalized spacial score (nSPS) is 15.1. The Bertz CT molecular complexity index is 611. The van der Waals surface area contributed by atoms with Crippen LogP contribution in [0.2, 0.25) is 0 Å². The maximum atomic E-state index is 12.3. The molecule has 0 bridgehead atoms. The Labute approximate surface area is 99.1 Å². The van der Waals surface area contributed by atoms with Crippen LogP contribution < -0.4 is 5.56 Å². The SMILES string of the molecule is CCCn1c2c(n3cnnc3c1=O)CCCC2. The number of nitrogens with zero attached hydrogens (tertiary/aromatic N) is 4. The molecule has 0 fully saturated rings.